The van der Waals surface area contributed by atoms with Gasteiger partial charge in [-0.2, -0.15) is 0 Å². The average molecular weight is 275 g/mol. The molecule has 0 aliphatic heterocycles. The van der Waals surface area contributed by atoms with E-state index in [4.69, 9.17) is 4.74 Å². The molecule has 0 bridgehead atoms. The Kier molecular flexibility index (Phi) is 4.77. The van der Waals surface area contributed by atoms with Crippen molar-refractivity contribution in [1.82, 2.24) is 5.32 Å². The third kappa shape index (κ3) is 3.00. The molecule has 1 saturated carbocycles. The van der Waals surface area contributed by atoms with E-state index in [0.717, 1.165) is 24.8 Å². The molecule has 2 rings (SSSR count). The van der Waals surface area contributed by atoms with E-state index in [1.54, 1.807) is 6.92 Å². The van der Waals surface area contributed by atoms with Crippen molar-refractivity contribution < 1.29 is 14.3 Å². The van der Waals surface area contributed by atoms with Crippen LogP contribution in [0.1, 0.15) is 38.2 Å². The number of hydrogen-bond donors (Lipinski definition) is 1. The van der Waals surface area contributed by atoms with E-state index in [0.29, 0.717) is 13.2 Å². The molecule has 1 aromatic rings. The van der Waals surface area contributed by atoms with Crippen LogP contribution in [0.25, 0.3) is 0 Å². The predicted molar refractivity (Wildman–Crippen MR) is 76.2 cm³/mol. The van der Waals surface area contributed by atoms with Crippen LogP contribution in [0.5, 0.6) is 0 Å². The largest absolute Gasteiger partial charge is 0.466 e. The summed E-state index contributed by atoms with van der Waals surface area (Å²) in [7, 11) is 0. The summed E-state index contributed by atoms with van der Waals surface area (Å²) in [6.07, 6.45) is 3.05. The number of esters is 1. The molecule has 1 aromatic carbocycles. The van der Waals surface area contributed by atoms with E-state index < -0.39 is 5.41 Å². The summed E-state index contributed by atoms with van der Waals surface area (Å²) in [5.41, 5.74) is 0.676. The van der Waals surface area contributed by atoms with E-state index in [1.807, 2.05) is 30.3 Å². The molecule has 1 amide bonds. The molecular formula is C16H21NO3. The zero-order chi connectivity index (χ0) is 14.4. The van der Waals surface area contributed by atoms with Crippen LogP contribution in [0.3, 0.4) is 0 Å². The Hall–Kier alpha value is -1.84. The maximum absolute atomic E-state index is 12.4. The van der Waals surface area contributed by atoms with E-state index in [1.165, 1.54) is 0 Å². The van der Waals surface area contributed by atoms with Crippen molar-refractivity contribution in [1.29, 1.82) is 0 Å². The molecule has 1 aliphatic rings. The second-order valence-corrected chi connectivity index (χ2v) is 5.11. The van der Waals surface area contributed by atoms with E-state index in [2.05, 4.69) is 5.32 Å². The summed E-state index contributed by atoms with van der Waals surface area (Å²) in [4.78, 5) is 23.7. The van der Waals surface area contributed by atoms with Gasteiger partial charge in [0.25, 0.3) is 0 Å². The Morgan fingerprint density at radius 1 is 1.25 bits per heavy atom. The fourth-order valence-corrected chi connectivity index (χ4v) is 2.61. The molecule has 0 radical (unpaired) electrons. The minimum Gasteiger partial charge on any atom is -0.466 e. The van der Waals surface area contributed by atoms with Crippen LogP contribution in [0.4, 0.5) is 0 Å². The molecule has 4 heteroatoms. The van der Waals surface area contributed by atoms with Crippen LogP contribution in [0.2, 0.25) is 0 Å². The summed E-state index contributed by atoms with van der Waals surface area (Å²) in [6, 6.07) is 9.88. The maximum Gasteiger partial charge on any atom is 0.307 e. The van der Waals surface area contributed by atoms with Crippen molar-refractivity contribution in [3.05, 3.63) is 35.9 Å². The second kappa shape index (κ2) is 6.55. The lowest BCUT2D eigenvalue weighted by atomic mass is 9.64. The number of carbonyl (C=O) groups is 2. The highest BCUT2D eigenvalue weighted by atomic mass is 16.5. The smallest absolute Gasteiger partial charge is 0.307 e. The summed E-state index contributed by atoms with van der Waals surface area (Å²) < 4.78 is 4.84. The van der Waals surface area contributed by atoms with Gasteiger partial charge in [-0.05, 0) is 25.3 Å². The molecule has 1 N–H and O–H groups in total. The molecule has 0 saturated heterocycles. The number of ether oxygens (including phenoxy) is 1. The first-order valence-electron chi connectivity index (χ1n) is 7.18. The average Bonchev–Trinajstić information content (AvgIpc) is 2.39. The zero-order valence-corrected chi connectivity index (χ0v) is 11.9. The lowest BCUT2D eigenvalue weighted by molar-refractivity contribution is -0.143. The number of hydrogen-bond acceptors (Lipinski definition) is 3. The van der Waals surface area contributed by atoms with Gasteiger partial charge < -0.3 is 10.1 Å². The Morgan fingerprint density at radius 2 is 1.95 bits per heavy atom. The topological polar surface area (TPSA) is 55.4 Å². The van der Waals surface area contributed by atoms with Crippen LogP contribution in [-0.2, 0) is 19.7 Å². The molecule has 0 aromatic heterocycles. The summed E-state index contributed by atoms with van der Waals surface area (Å²) in [5.74, 6) is -0.241. The molecule has 0 heterocycles. The Labute approximate surface area is 119 Å². The van der Waals surface area contributed by atoms with Crippen molar-refractivity contribution in [2.75, 3.05) is 13.2 Å². The molecule has 1 fully saturated rings. The fourth-order valence-electron chi connectivity index (χ4n) is 2.61. The van der Waals surface area contributed by atoms with Crippen molar-refractivity contribution >= 4 is 11.9 Å². The lowest BCUT2D eigenvalue weighted by Crippen LogP contribution is -2.49. The van der Waals surface area contributed by atoms with Crippen molar-refractivity contribution in [3.8, 4) is 0 Å². The standard InChI is InChI=1S/C16H21NO3/c1-2-20-14(18)9-12-17-15(19)16(10-6-11-16)13-7-4-3-5-8-13/h3-5,7-8H,2,6,9-12H2,1H3,(H,17,19). The van der Waals surface area contributed by atoms with Gasteiger partial charge in [-0.15, -0.1) is 0 Å². The highest BCUT2D eigenvalue weighted by molar-refractivity contribution is 5.89. The van der Waals surface area contributed by atoms with Crippen LogP contribution in [-0.4, -0.2) is 25.0 Å². The van der Waals surface area contributed by atoms with Crippen LogP contribution >= 0.6 is 0 Å². The number of benzene rings is 1. The van der Waals surface area contributed by atoms with Crippen molar-refractivity contribution in [3.63, 3.8) is 0 Å². The number of carbonyl (C=O) groups excluding carboxylic acids is 2. The first-order chi connectivity index (χ1) is 9.69. The van der Waals surface area contributed by atoms with E-state index in [-0.39, 0.29) is 18.3 Å². The van der Waals surface area contributed by atoms with E-state index >= 15 is 0 Å². The molecular weight excluding hydrogens is 254 g/mol. The molecule has 20 heavy (non-hydrogen) atoms. The third-order valence-electron chi connectivity index (χ3n) is 3.89. The van der Waals surface area contributed by atoms with Gasteiger partial charge in [0.05, 0.1) is 18.4 Å². The first-order valence-corrected chi connectivity index (χ1v) is 7.18. The van der Waals surface area contributed by atoms with Crippen molar-refractivity contribution in [2.24, 2.45) is 0 Å². The Bertz CT molecular complexity index is 466. The minimum atomic E-state index is -0.393. The number of rotatable bonds is 6. The predicted octanol–water partition coefficient (Wildman–Crippen LogP) is 2.18. The van der Waals surface area contributed by atoms with Crippen molar-refractivity contribution in [2.45, 2.75) is 38.0 Å². The SMILES string of the molecule is CCOC(=O)CCNC(=O)C1(c2ccccc2)CCC1. The maximum atomic E-state index is 12.4. The van der Waals surface area contributed by atoms with Gasteiger partial charge in [0.15, 0.2) is 0 Å². The number of amides is 1. The van der Waals surface area contributed by atoms with Gasteiger partial charge in [0.1, 0.15) is 0 Å². The molecule has 0 unspecified atom stereocenters. The van der Waals surface area contributed by atoms with Crippen LogP contribution < -0.4 is 5.32 Å². The molecule has 108 valence electrons. The lowest BCUT2D eigenvalue weighted by Gasteiger charge is -2.40. The normalized spacial score (nSPS) is 16.1. The fraction of sp³-hybridized carbons (Fsp3) is 0.500. The number of nitrogens with one attached hydrogen (secondary N) is 1. The van der Waals surface area contributed by atoms with Gasteiger partial charge in [0.2, 0.25) is 5.91 Å². The van der Waals surface area contributed by atoms with Crippen LogP contribution in [0.15, 0.2) is 30.3 Å². The monoisotopic (exact) mass is 275 g/mol. The van der Waals surface area contributed by atoms with E-state index in [9.17, 15) is 9.59 Å². The van der Waals surface area contributed by atoms with Gasteiger partial charge in [-0.1, -0.05) is 36.8 Å². The zero-order valence-electron chi connectivity index (χ0n) is 11.9. The Morgan fingerprint density at radius 3 is 2.50 bits per heavy atom. The molecule has 0 spiro atoms. The second-order valence-electron chi connectivity index (χ2n) is 5.11. The molecule has 1 aliphatic carbocycles. The Balaban J connectivity index is 1.92. The highest BCUT2D eigenvalue weighted by Crippen LogP contribution is 2.43. The quantitative estimate of drug-likeness (QED) is 0.810. The van der Waals surface area contributed by atoms with Gasteiger partial charge in [-0.3, -0.25) is 9.59 Å². The molecule has 0 atom stereocenters. The van der Waals surface area contributed by atoms with Gasteiger partial charge in [0, 0.05) is 6.54 Å². The first kappa shape index (κ1) is 14.6. The summed E-state index contributed by atoms with van der Waals surface area (Å²) in [5, 5.41) is 2.87. The van der Waals surface area contributed by atoms with Gasteiger partial charge >= 0.3 is 5.97 Å². The highest BCUT2D eigenvalue weighted by Gasteiger charge is 2.45. The minimum absolute atomic E-state index is 0.0271. The molecule has 4 nitrogen and oxygen atoms in total. The summed E-state index contributed by atoms with van der Waals surface area (Å²) in [6.45, 7) is 2.49. The van der Waals surface area contributed by atoms with Crippen LogP contribution in [0, 0.1) is 0 Å². The van der Waals surface area contributed by atoms with Gasteiger partial charge in [-0.25, -0.2) is 0 Å². The third-order valence-corrected chi connectivity index (χ3v) is 3.89. The summed E-state index contributed by atoms with van der Waals surface area (Å²) >= 11 is 0.